The highest BCUT2D eigenvalue weighted by atomic mass is 16.5. The second kappa shape index (κ2) is 5.21. The van der Waals surface area contributed by atoms with Crippen LogP contribution in [0.15, 0.2) is 24.3 Å². The number of amides is 1. The van der Waals surface area contributed by atoms with Gasteiger partial charge in [-0.3, -0.25) is 4.79 Å². The van der Waals surface area contributed by atoms with E-state index in [1.165, 1.54) is 5.56 Å². The first-order chi connectivity index (χ1) is 8.24. The first-order valence-corrected chi connectivity index (χ1v) is 6.16. The molecule has 1 heterocycles. The molecule has 0 bridgehead atoms. The molecule has 1 fully saturated rings. The van der Waals surface area contributed by atoms with E-state index in [0.29, 0.717) is 12.3 Å². The molecule has 0 radical (unpaired) electrons. The summed E-state index contributed by atoms with van der Waals surface area (Å²) in [5.41, 5.74) is 1.27. The normalized spacial score (nSPS) is 19.4. The number of methoxy groups -OCH3 is 1. The molecule has 92 valence electrons. The molecular weight excluding hydrogens is 214 g/mol. The van der Waals surface area contributed by atoms with Crippen LogP contribution in [0.4, 0.5) is 0 Å². The highest BCUT2D eigenvalue weighted by Crippen LogP contribution is 2.29. The number of hydrogen-bond donors (Lipinski definition) is 0. The monoisotopic (exact) mass is 233 g/mol. The SMILES string of the molecule is CCC(=O)N1CCC(c2cccc(OC)c2)C1. The summed E-state index contributed by atoms with van der Waals surface area (Å²) < 4.78 is 5.23. The van der Waals surface area contributed by atoms with Gasteiger partial charge in [0.25, 0.3) is 0 Å². The molecule has 3 nitrogen and oxygen atoms in total. The Labute approximate surface area is 102 Å². The minimum atomic E-state index is 0.260. The Balaban J connectivity index is 2.07. The molecule has 17 heavy (non-hydrogen) atoms. The van der Waals surface area contributed by atoms with Crippen molar-refractivity contribution in [3.63, 3.8) is 0 Å². The summed E-state index contributed by atoms with van der Waals surface area (Å²) in [6.07, 6.45) is 1.66. The summed E-state index contributed by atoms with van der Waals surface area (Å²) in [6, 6.07) is 8.16. The Morgan fingerprint density at radius 3 is 3.06 bits per heavy atom. The molecule has 1 saturated heterocycles. The summed E-state index contributed by atoms with van der Waals surface area (Å²) in [5, 5.41) is 0. The third kappa shape index (κ3) is 2.60. The third-order valence-electron chi connectivity index (χ3n) is 3.41. The molecule has 0 saturated carbocycles. The van der Waals surface area contributed by atoms with Gasteiger partial charge in [-0.05, 0) is 24.1 Å². The highest BCUT2D eigenvalue weighted by Gasteiger charge is 2.26. The van der Waals surface area contributed by atoms with Gasteiger partial charge in [0.05, 0.1) is 7.11 Å². The van der Waals surface area contributed by atoms with Crippen LogP contribution in [0.5, 0.6) is 5.75 Å². The average molecular weight is 233 g/mol. The molecule has 0 aliphatic carbocycles. The predicted octanol–water partition coefficient (Wildman–Crippen LogP) is 2.42. The Bertz CT molecular complexity index is 403. The molecule has 1 aromatic rings. The lowest BCUT2D eigenvalue weighted by Gasteiger charge is -2.16. The van der Waals surface area contributed by atoms with E-state index >= 15 is 0 Å². The third-order valence-corrected chi connectivity index (χ3v) is 3.41. The summed E-state index contributed by atoms with van der Waals surface area (Å²) >= 11 is 0. The lowest BCUT2D eigenvalue weighted by Crippen LogP contribution is -2.27. The maximum atomic E-state index is 11.6. The van der Waals surface area contributed by atoms with Gasteiger partial charge >= 0.3 is 0 Å². The van der Waals surface area contributed by atoms with Gasteiger partial charge in [0, 0.05) is 25.4 Å². The molecule has 2 rings (SSSR count). The maximum absolute atomic E-state index is 11.6. The molecule has 1 atom stereocenters. The molecule has 0 aromatic heterocycles. The van der Waals surface area contributed by atoms with E-state index in [9.17, 15) is 4.79 Å². The van der Waals surface area contributed by atoms with Crippen molar-refractivity contribution >= 4 is 5.91 Å². The van der Waals surface area contributed by atoms with Crippen molar-refractivity contribution < 1.29 is 9.53 Å². The molecule has 1 amide bonds. The fraction of sp³-hybridized carbons (Fsp3) is 0.500. The van der Waals surface area contributed by atoms with E-state index < -0.39 is 0 Å². The maximum Gasteiger partial charge on any atom is 0.222 e. The molecule has 1 aromatic carbocycles. The molecule has 1 aliphatic heterocycles. The zero-order valence-corrected chi connectivity index (χ0v) is 10.5. The van der Waals surface area contributed by atoms with Gasteiger partial charge in [0.2, 0.25) is 5.91 Å². The lowest BCUT2D eigenvalue weighted by atomic mass is 9.98. The summed E-state index contributed by atoms with van der Waals surface area (Å²) in [7, 11) is 1.68. The van der Waals surface area contributed by atoms with Crippen LogP contribution in [-0.2, 0) is 4.79 Å². The number of carbonyl (C=O) groups excluding carboxylic acids is 1. The molecule has 0 N–H and O–H groups in total. The Morgan fingerprint density at radius 1 is 1.53 bits per heavy atom. The van der Waals surface area contributed by atoms with Crippen LogP contribution >= 0.6 is 0 Å². The van der Waals surface area contributed by atoms with Crippen LogP contribution in [0.25, 0.3) is 0 Å². The first-order valence-electron chi connectivity index (χ1n) is 6.16. The van der Waals surface area contributed by atoms with Gasteiger partial charge in [-0.25, -0.2) is 0 Å². The lowest BCUT2D eigenvalue weighted by molar-refractivity contribution is -0.129. The fourth-order valence-electron chi connectivity index (χ4n) is 2.38. The Kier molecular flexibility index (Phi) is 3.67. The van der Waals surface area contributed by atoms with Gasteiger partial charge in [-0.15, -0.1) is 0 Å². The van der Waals surface area contributed by atoms with Crippen molar-refractivity contribution in [1.82, 2.24) is 4.90 Å². The van der Waals surface area contributed by atoms with Gasteiger partial charge in [-0.1, -0.05) is 19.1 Å². The average Bonchev–Trinajstić information content (AvgIpc) is 2.87. The van der Waals surface area contributed by atoms with Gasteiger partial charge in [0.1, 0.15) is 5.75 Å². The topological polar surface area (TPSA) is 29.5 Å². The second-order valence-corrected chi connectivity index (χ2v) is 4.46. The second-order valence-electron chi connectivity index (χ2n) is 4.46. The van der Waals surface area contributed by atoms with E-state index in [1.54, 1.807) is 7.11 Å². The molecule has 3 heteroatoms. The van der Waals surface area contributed by atoms with Crippen LogP contribution in [-0.4, -0.2) is 31.0 Å². The van der Waals surface area contributed by atoms with Crippen LogP contribution in [0.2, 0.25) is 0 Å². The van der Waals surface area contributed by atoms with Crippen LogP contribution in [0.1, 0.15) is 31.2 Å². The number of carbonyl (C=O) groups is 1. The number of likely N-dealkylation sites (tertiary alicyclic amines) is 1. The Morgan fingerprint density at radius 2 is 2.35 bits per heavy atom. The van der Waals surface area contributed by atoms with Crippen molar-refractivity contribution in [3.05, 3.63) is 29.8 Å². The van der Waals surface area contributed by atoms with Crippen molar-refractivity contribution in [3.8, 4) is 5.75 Å². The van der Waals surface area contributed by atoms with Gasteiger partial charge in [-0.2, -0.15) is 0 Å². The number of rotatable bonds is 3. The van der Waals surface area contributed by atoms with Crippen molar-refractivity contribution in [2.45, 2.75) is 25.7 Å². The van der Waals surface area contributed by atoms with E-state index in [0.717, 1.165) is 25.3 Å². The number of ether oxygens (including phenoxy) is 1. The minimum Gasteiger partial charge on any atom is -0.497 e. The quantitative estimate of drug-likeness (QED) is 0.802. The van der Waals surface area contributed by atoms with E-state index in [-0.39, 0.29) is 5.91 Å². The van der Waals surface area contributed by atoms with Crippen LogP contribution in [0.3, 0.4) is 0 Å². The van der Waals surface area contributed by atoms with Gasteiger partial charge in [0.15, 0.2) is 0 Å². The van der Waals surface area contributed by atoms with E-state index in [2.05, 4.69) is 12.1 Å². The molecular formula is C14H19NO2. The zero-order valence-electron chi connectivity index (χ0n) is 10.5. The van der Waals surface area contributed by atoms with Crippen molar-refractivity contribution in [1.29, 1.82) is 0 Å². The Hall–Kier alpha value is -1.51. The van der Waals surface area contributed by atoms with E-state index in [4.69, 9.17) is 4.74 Å². The first kappa shape index (κ1) is 12.0. The van der Waals surface area contributed by atoms with Crippen molar-refractivity contribution in [2.24, 2.45) is 0 Å². The highest BCUT2D eigenvalue weighted by molar-refractivity contribution is 5.76. The standard InChI is InChI=1S/C14H19NO2/c1-3-14(16)15-8-7-12(10-15)11-5-4-6-13(9-11)17-2/h4-6,9,12H,3,7-8,10H2,1-2H3. The fourth-order valence-corrected chi connectivity index (χ4v) is 2.38. The minimum absolute atomic E-state index is 0.260. The van der Waals surface area contributed by atoms with E-state index in [1.807, 2.05) is 24.0 Å². The summed E-state index contributed by atoms with van der Waals surface area (Å²) in [4.78, 5) is 13.6. The smallest absolute Gasteiger partial charge is 0.222 e. The number of hydrogen-bond acceptors (Lipinski definition) is 2. The molecule has 1 unspecified atom stereocenters. The number of nitrogens with zero attached hydrogens (tertiary/aromatic N) is 1. The predicted molar refractivity (Wildman–Crippen MR) is 67.2 cm³/mol. The summed E-state index contributed by atoms with van der Waals surface area (Å²) in [5.74, 6) is 1.61. The molecule has 0 spiro atoms. The summed E-state index contributed by atoms with van der Waals surface area (Å²) in [6.45, 7) is 3.65. The zero-order chi connectivity index (χ0) is 12.3. The van der Waals surface area contributed by atoms with Crippen molar-refractivity contribution in [2.75, 3.05) is 20.2 Å². The van der Waals surface area contributed by atoms with Crippen LogP contribution < -0.4 is 4.74 Å². The number of benzene rings is 1. The van der Waals surface area contributed by atoms with Crippen LogP contribution in [0, 0.1) is 0 Å². The van der Waals surface area contributed by atoms with Gasteiger partial charge < -0.3 is 9.64 Å². The molecule has 1 aliphatic rings. The largest absolute Gasteiger partial charge is 0.497 e.